The second-order valence-electron chi connectivity index (χ2n) is 6.67. The topological polar surface area (TPSA) is 53.8 Å². The molecule has 6 rings (SSSR count). The highest BCUT2D eigenvalue weighted by Crippen LogP contribution is 2.76. The molecule has 6 heterocycles. The average Bonchev–Trinajstić information content (AvgIpc) is 3.31. The largest absolute Gasteiger partial charge is 0.378 e. The minimum atomic E-state index is -2.57. The Balaban J connectivity index is 1.35. The summed E-state index contributed by atoms with van der Waals surface area (Å²) >= 11 is 0. The number of hydrogen-bond donors (Lipinski definition) is 0. The summed E-state index contributed by atoms with van der Waals surface area (Å²) < 4.78 is 37.1. The molecule has 0 aromatic rings. The molecule has 6 atom stereocenters. The molecule has 0 aromatic carbocycles. The first-order chi connectivity index (χ1) is 9.82. The lowest BCUT2D eigenvalue weighted by Crippen LogP contribution is -2.27. The summed E-state index contributed by atoms with van der Waals surface area (Å²) in [5.74, 6) is 0. The van der Waals surface area contributed by atoms with Crippen LogP contribution in [0.2, 0.25) is 0 Å². The molecule has 0 bridgehead atoms. The Kier molecular flexibility index (Phi) is 2.01. The molecule has 6 saturated heterocycles. The van der Waals surface area contributed by atoms with E-state index < -0.39 is 7.59 Å². The van der Waals surface area contributed by atoms with Crippen LogP contribution < -0.4 is 0 Å². The van der Waals surface area contributed by atoms with Crippen molar-refractivity contribution in [1.82, 2.24) is 14.0 Å². The van der Waals surface area contributed by atoms with Crippen molar-refractivity contribution < 1.29 is 18.8 Å². The molecule has 6 unspecified atom stereocenters. The van der Waals surface area contributed by atoms with E-state index in [1.807, 2.05) is 0 Å². The smallest absolute Gasteiger partial charge is 0.289 e. The second kappa shape index (κ2) is 3.49. The van der Waals surface area contributed by atoms with Crippen molar-refractivity contribution in [2.45, 2.75) is 36.3 Å². The molecule has 6 aliphatic heterocycles. The number of morpholine rings is 3. The Hall–Kier alpha value is -0.0100. The molecule has 8 heteroatoms. The van der Waals surface area contributed by atoms with E-state index in [4.69, 9.17) is 14.2 Å². The molecular weight excluding hydrogens is 281 g/mol. The standard InChI is InChI=1S/C12H18N3O4P/c16-20(13-7-1-17-2-8(7)13,14-9-3-18-4-10(9)14)15-11-5-19-6-12(11)15/h7-12H,1-6H2. The van der Waals surface area contributed by atoms with Gasteiger partial charge in [-0.25, -0.2) is 14.0 Å². The van der Waals surface area contributed by atoms with Gasteiger partial charge in [-0.2, -0.15) is 0 Å². The van der Waals surface area contributed by atoms with E-state index in [0.29, 0.717) is 36.3 Å². The summed E-state index contributed by atoms with van der Waals surface area (Å²) in [5, 5.41) is 0. The van der Waals surface area contributed by atoms with E-state index in [9.17, 15) is 4.57 Å². The first-order valence-corrected chi connectivity index (χ1v) is 9.08. The Morgan fingerprint density at radius 2 is 0.850 bits per heavy atom. The molecule has 6 fully saturated rings. The fourth-order valence-electron chi connectivity index (χ4n) is 4.53. The molecular formula is C12H18N3O4P. The maximum absolute atomic E-state index is 14.0. The summed E-state index contributed by atoms with van der Waals surface area (Å²) in [5.41, 5.74) is 0. The summed E-state index contributed by atoms with van der Waals surface area (Å²) in [6.07, 6.45) is 0. The van der Waals surface area contributed by atoms with Crippen LogP contribution in [0.4, 0.5) is 0 Å². The molecule has 7 nitrogen and oxygen atoms in total. The molecule has 0 N–H and O–H groups in total. The lowest BCUT2D eigenvalue weighted by molar-refractivity contribution is 0.134. The highest BCUT2D eigenvalue weighted by molar-refractivity contribution is 7.57. The van der Waals surface area contributed by atoms with E-state index in [1.54, 1.807) is 0 Å². The Morgan fingerprint density at radius 3 is 1.10 bits per heavy atom. The third kappa shape index (κ3) is 1.19. The predicted molar refractivity (Wildman–Crippen MR) is 68.3 cm³/mol. The van der Waals surface area contributed by atoms with Crippen molar-refractivity contribution in [1.29, 1.82) is 0 Å². The number of fused-ring (bicyclic) bond motifs is 3. The lowest BCUT2D eigenvalue weighted by atomic mass is 10.4. The fourth-order valence-corrected chi connectivity index (χ4v) is 8.71. The normalized spacial score (nSPS) is 64.3. The van der Waals surface area contributed by atoms with Crippen molar-refractivity contribution in [3.05, 3.63) is 0 Å². The third-order valence-electron chi connectivity index (χ3n) is 5.74. The van der Waals surface area contributed by atoms with E-state index in [1.165, 1.54) is 0 Å². The van der Waals surface area contributed by atoms with Gasteiger partial charge in [0, 0.05) is 0 Å². The van der Waals surface area contributed by atoms with E-state index in [-0.39, 0.29) is 0 Å². The fraction of sp³-hybridized carbons (Fsp3) is 1.00. The van der Waals surface area contributed by atoms with Crippen LogP contribution in [0, 0.1) is 0 Å². The zero-order valence-electron chi connectivity index (χ0n) is 11.1. The van der Waals surface area contributed by atoms with Gasteiger partial charge in [0.05, 0.1) is 75.9 Å². The summed E-state index contributed by atoms with van der Waals surface area (Å²) in [4.78, 5) is 0. The van der Waals surface area contributed by atoms with Crippen LogP contribution in [0.15, 0.2) is 0 Å². The molecule has 0 spiro atoms. The molecule has 0 amide bonds. The summed E-state index contributed by atoms with van der Waals surface area (Å²) in [6, 6.07) is 2.28. The molecule has 0 radical (unpaired) electrons. The third-order valence-corrected chi connectivity index (χ3v) is 9.32. The van der Waals surface area contributed by atoms with E-state index >= 15 is 0 Å². The van der Waals surface area contributed by atoms with Gasteiger partial charge in [-0.3, -0.25) is 4.57 Å². The molecule has 0 saturated carbocycles. The van der Waals surface area contributed by atoms with Crippen LogP contribution in [-0.4, -0.2) is 89.9 Å². The zero-order valence-corrected chi connectivity index (χ0v) is 12.0. The predicted octanol–water partition coefficient (Wildman–Crippen LogP) is -0.656. The van der Waals surface area contributed by atoms with Gasteiger partial charge in [-0.1, -0.05) is 0 Å². The molecule has 110 valence electrons. The molecule has 0 aromatic heterocycles. The number of rotatable bonds is 3. The highest BCUT2D eigenvalue weighted by Gasteiger charge is 2.76. The molecule has 20 heavy (non-hydrogen) atoms. The first-order valence-electron chi connectivity index (χ1n) is 7.51. The number of ether oxygens (including phenoxy) is 3. The Labute approximate surface area is 117 Å². The van der Waals surface area contributed by atoms with Crippen molar-refractivity contribution in [2.24, 2.45) is 0 Å². The molecule has 0 aliphatic carbocycles. The minimum Gasteiger partial charge on any atom is -0.378 e. The monoisotopic (exact) mass is 299 g/mol. The maximum Gasteiger partial charge on any atom is 0.289 e. The minimum absolute atomic E-state index is 0.380. The van der Waals surface area contributed by atoms with Gasteiger partial charge in [0.15, 0.2) is 0 Å². The van der Waals surface area contributed by atoms with E-state index in [0.717, 1.165) is 39.6 Å². The van der Waals surface area contributed by atoms with Gasteiger partial charge >= 0.3 is 0 Å². The maximum atomic E-state index is 14.0. The van der Waals surface area contributed by atoms with Gasteiger partial charge in [-0.05, 0) is 0 Å². The quantitative estimate of drug-likeness (QED) is 0.507. The highest BCUT2D eigenvalue weighted by atomic mass is 31.2. The SMILES string of the molecule is O=P(N1C2COCC21)(N1C2COCC21)N1C2COCC21. The number of hydrogen-bond acceptors (Lipinski definition) is 4. The van der Waals surface area contributed by atoms with Crippen LogP contribution in [0.3, 0.4) is 0 Å². The Morgan fingerprint density at radius 1 is 0.600 bits per heavy atom. The second-order valence-corrected chi connectivity index (χ2v) is 9.08. The summed E-state index contributed by atoms with van der Waals surface area (Å²) in [6.45, 7) is 4.46. The summed E-state index contributed by atoms with van der Waals surface area (Å²) in [7, 11) is -2.57. The lowest BCUT2D eigenvalue weighted by Gasteiger charge is -2.28. The number of nitrogens with zero attached hydrogens (tertiary/aromatic N) is 3. The van der Waals surface area contributed by atoms with Crippen LogP contribution >= 0.6 is 7.59 Å². The van der Waals surface area contributed by atoms with Crippen molar-refractivity contribution in [3.8, 4) is 0 Å². The van der Waals surface area contributed by atoms with Gasteiger partial charge < -0.3 is 14.2 Å². The van der Waals surface area contributed by atoms with Crippen LogP contribution in [0.1, 0.15) is 0 Å². The van der Waals surface area contributed by atoms with Gasteiger partial charge in [0.2, 0.25) is 0 Å². The van der Waals surface area contributed by atoms with Crippen LogP contribution in [0.25, 0.3) is 0 Å². The van der Waals surface area contributed by atoms with Crippen molar-refractivity contribution >= 4 is 7.59 Å². The van der Waals surface area contributed by atoms with Gasteiger partial charge in [-0.15, -0.1) is 0 Å². The van der Waals surface area contributed by atoms with Crippen LogP contribution in [-0.2, 0) is 18.8 Å². The van der Waals surface area contributed by atoms with Crippen LogP contribution in [0.5, 0.6) is 0 Å². The van der Waals surface area contributed by atoms with Gasteiger partial charge in [0.25, 0.3) is 7.59 Å². The zero-order chi connectivity index (χ0) is 13.1. The van der Waals surface area contributed by atoms with Crippen molar-refractivity contribution in [3.63, 3.8) is 0 Å². The van der Waals surface area contributed by atoms with Gasteiger partial charge in [0.1, 0.15) is 0 Å². The average molecular weight is 299 g/mol. The Bertz CT molecular complexity index is 432. The first kappa shape index (κ1) is 11.5. The molecule has 6 aliphatic rings. The van der Waals surface area contributed by atoms with E-state index in [2.05, 4.69) is 14.0 Å². The van der Waals surface area contributed by atoms with Crippen molar-refractivity contribution in [2.75, 3.05) is 39.6 Å².